The summed E-state index contributed by atoms with van der Waals surface area (Å²) < 4.78 is 2.04. The average Bonchev–Trinajstić information content (AvgIpc) is 3.31. The molecule has 0 spiro atoms. The van der Waals surface area contributed by atoms with Crippen molar-refractivity contribution in [2.24, 2.45) is 10.7 Å². The van der Waals surface area contributed by atoms with Crippen LogP contribution in [0.5, 0.6) is 0 Å². The van der Waals surface area contributed by atoms with Gasteiger partial charge in [0.2, 0.25) is 5.91 Å². The highest BCUT2D eigenvalue weighted by atomic mass is 35.5. The van der Waals surface area contributed by atoms with Gasteiger partial charge in [0.15, 0.2) is 5.82 Å². The lowest BCUT2D eigenvalue weighted by molar-refractivity contribution is -0.121. The van der Waals surface area contributed by atoms with Crippen LogP contribution in [0.25, 0.3) is 5.00 Å². The first-order valence-electron chi connectivity index (χ1n) is 11.7. The van der Waals surface area contributed by atoms with Crippen LogP contribution in [0.4, 0.5) is 0 Å². The van der Waals surface area contributed by atoms with Gasteiger partial charge in [0.1, 0.15) is 16.9 Å². The van der Waals surface area contributed by atoms with E-state index in [1.807, 2.05) is 35.8 Å². The molecular weight excluding hydrogens is 480 g/mol. The second kappa shape index (κ2) is 11.2. The smallest absolute Gasteiger partial charge is 0.223 e. The molecule has 7 nitrogen and oxygen atoms in total. The van der Waals surface area contributed by atoms with Gasteiger partial charge in [0.05, 0.1) is 18.7 Å². The van der Waals surface area contributed by atoms with Gasteiger partial charge in [-0.05, 0) is 57.9 Å². The minimum Gasteiger partial charge on any atom is -0.345 e. The van der Waals surface area contributed by atoms with Crippen molar-refractivity contribution in [3.05, 3.63) is 62.5 Å². The Kier molecular flexibility index (Phi) is 8.01. The first-order chi connectivity index (χ1) is 16.9. The fourth-order valence-electron chi connectivity index (χ4n) is 4.03. The number of carbonyl (C=O) groups is 1. The molecule has 35 heavy (non-hydrogen) atoms. The molecule has 1 aliphatic rings. The highest BCUT2D eigenvalue weighted by molar-refractivity contribution is 7.15. The maximum atomic E-state index is 12.9. The summed E-state index contributed by atoms with van der Waals surface area (Å²) in [6.07, 6.45) is 2.87. The number of amides is 1. The van der Waals surface area contributed by atoms with Gasteiger partial charge in [-0.15, -0.1) is 27.5 Å². The van der Waals surface area contributed by atoms with Crippen molar-refractivity contribution in [1.82, 2.24) is 20.1 Å². The molecule has 1 aliphatic heterocycles. The van der Waals surface area contributed by atoms with E-state index in [1.165, 1.54) is 4.88 Å². The average molecular weight is 509 g/mol. The number of rotatable bonds is 7. The number of nitrogens with two attached hydrogens (primary N) is 1. The molecule has 3 N–H and O–H groups in total. The normalized spacial score (nSPS) is 14.3. The van der Waals surface area contributed by atoms with Crippen molar-refractivity contribution in [1.29, 1.82) is 0 Å². The number of carbonyl (C=O) groups excluding carboxylic acids is 1. The Balaban J connectivity index is 1.66. The van der Waals surface area contributed by atoms with Crippen LogP contribution >= 0.6 is 22.9 Å². The van der Waals surface area contributed by atoms with Gasteiger partial charge in [0.25, 0.3) is 0 Å². The fraction of sp³-hybridized carbons (Fsp3) is 0.385. The lowest BCUT2D eigenvalue weighted by atomic mass is 9.99. The van der Waals surface area contributed by atoms with Gasteiger partial charge >= 0.3 is 0 Å². The molecule has 1 amide bonds. The van der Waals surface area contributed by atoms with E-state index in [1.54, 1.807) is 11.3 Å². The van der Waals surface area contributed by atoms with E-state index in [4.69, 9.17) is 22.3 Å². The largest absolute Gasteiger partial charge is 0.345 e. The van der Waals surface area contributed by atoms with Crippen molar-refractivity contribution >= 4 is 34.6 Å². The minimum absolute atomic E-state index is 0.129. The van der Waals surface area contributed by atoms with Crippen LogP contribution in [-0.2, 0) is 4.79 Å². The second-order valence-corrected chi connectivity index (χ2v) is 10.1. The van der Waals surface area contributed by atoms with Gasteiger partial charge in [-0.2, -0.15) is 0 Å². The molecule has 182 valence electrons. The number of aromatic nitrogens is 3. The minimum atomic E-state index is -0.487. The van der Waals surface area contributed by atoms with Crippen molar-refractivity contribution in [3.8, 4) is 16.8 Å². The Hall–Kier alpha value is -2.99. The summed E-state index contributed by atoms with van der Waals surface area (Å²) >= 11 is 7.85. The molecule has 0 bridgehead atoms. The SMILES string of the molecule is Cc1sc2c(c1C)C(c1ccc(Cl)cc1)=N[C@@H](CC(=O)NCC#CCCCCN)c1nnc(C)n1-2. The third-order valence-corrected chi connectivity index (χ3v) is 7.44. The van der Waals surface area contributed by atoms with Crippen LogP contribution < -0.4 is 11.1 Å². The highest BCUT2D eigenvalue weighted by Gasteiger charge is 2.32. The van der Waals surface area contributed by atoms with Gasteiger partial charge in [-0.1, -0.05) is 29.7 Å². The van der Waals surface area contributed by atoms with E-state index in [9.17, 15) is 4.79 Å². The third kappa shape index (κ3) is 5.48. The number of aliphatic imine (C=N–C) groups is 1. The van der Waals surface area contributed by atoms with Crippen LogP contribution in [0.2, 0.25) is 5.02 Å². The van der Waals surface area contributed by atoms with E-state index in [0.29, 0.717) is 23.9 Å². The summed E-state index contributed by atoms with van der Waals surface area (Å²) in [5.41, 5.74) is 9.49. The zero-order chi connectivity index (χ0) is 24.9. The number of halogens is 1. The molecule has 0 saturated carbocycles. The zero-order valence-corrected chi connectivity index (χ0v) is 21.8. The number of hydrogen-bond donors (Lipinski definition) is 2. The molecular formula is C26H29ClN6OS. The predicted octanol–water partition coefficient (Wildman–Crippen LogP) is 4.44. The molecule has 3 aromatic rings. The molecule has 9 heteroatoms. The van der Waals surface area contributed by atoms with Crippen LogP contribution in [0, 0.1) is 32.6 Å². The Morgan fingerprint density at radius 1 is 1.17 bits per heavy atom. The summed E-state index contributed by atoms with van der Waals surface area (Å²) in [6, 6.07) is 7.16. The maximum Gasteiger partial charge on any atom is 0.223 e. The summed E-state index contributed by atoms with van der Waals surface area (Å²) in [6.45, 7) is 7.12. The lowest BCUT2D eigenvalue weighted by Crippen LogP contribution is -2.25. The van der Waals surface area contributed by atoms with Crippen LogP contribution in [0.15, 0.2) is 29.3 Å². The molecule has 0 radical (unpaired) electrons. The third-order valence-electron chi connectivity index (χ3n) is 5.99. The van der Waals surface area contributed by atoms with Crippen LogP contribution in [0.1, 0.15) is 64.9 Å². The molecule has 4 rings (SSSR count). The van der Waals surface area contributed by atoms with Crippen molar-refractivity contribution < 1.29 is 4.79 Å². The second-order valence-electron chi connectivity index (χ2n) is 8.48. The Morgan fingerprint density at radius 3 is 2.69 bits per heavy atom. The van der Waals surface area contributed by atoms with Gasteiger partial charge < -0.3 is 11.1 Å². The number of nitrogens with one attached hydrogen (secondary N) is 1. The van der Waals surface area contributed by atoms with Crippen molar-refractivity contribution in [3.63, 3.8) is 0 Å². The van der Waals surface area contributed by atoms with Crippen LogP contribution in [-0.4, -0.2) is 39.5 Å². The first-order valence-corrected chi connectivity index (χ1v) is 12.9. The topological polar surface area (TPSA) is 98.2 Å². The number of aryl methyl sites for hydroxylation is 2. The van der Waals surface area contributed by atoms with E-state index >= 15 is 0 Å². The highest BCUT2D eigenvalue weighted by Crippen LogP contribution is 2.39. The fourth-order valence-corrected chi connectivity index (χ4v) is 5.37. The quantitative estimate of drug-likeness (QED) is 0.364. The summed E-state index contributed by atoms with van der Waals surface area (Å²) in [4.78, 5) is 19.2. The predicted molar refractivity (Wildman–Crippen MR) is 142 cm³/mol. The number of unbranched alkanes of at least 4 members (excludes halogenated alkanes) is 2. The lowest BCUT2D eigenvalue weighted by Gasteiger charge is -2.12. The van der Waals surface area contributed by atoms with Gasteiger partial charge in [-0.3, -0.25) is 14.4 Å². The van der Waals surface area contributed by atoms with Crippen molar-refractivity contribution in [2.45, 2.75) is 52.5 Å². The van der Waals surface area contributed by atoms with E-state index < -0.39 is 6.04 Å². The number of nitrogens with zero attached hydrogens (tertiary/aromatic N) is 4. The zero-order valence-electron chi connectivity index (χ0n) is 20.2. The summed E-state index contributed by atoms with van der Waals surface area (Å²) in [5.74, 6) is 7.39. The number of thiophene rings is 1. The summed E-state index contributed by atoms with van der Waals surface area (Å²) in [7, 11) is 0. The van der Waals surface area contributed by atoms with E-state index in [0.717, 1.165) is 52.5 Å². The molecule has 0 fully saturated rings. The number of hydrogen-bond acceptors (Lipinski definition) is 6. The maximum absolute atomic E-state index is 12.9. The molecule has 2 aromatic heterocycles. The molecule has 1 atom stereocenters. The standard InChI is InChI=1S/C26H29ClN6OS/c1-16-17(2)35-26-23(16)24(19-9-11-20(27)12-10-19)30-21(25-32-31-18(3)33(25)26)15-22(34)29-14-8-6-4-5-7-13-28/h9-12,21H,4-5,7,13-15,28H2,1-3H3,(H,29,34)/t21-/m0/s1. The Morgan fingerprint density at radius 2 is 1.94 bits per heavy atom. The van der Waals surface area contributed by atoms with Crippen LogP contribution in [0.3, 0.4) is 0 Å². The van der Waals surface area contributed by atoms with Gasteiger partial charge in [-0.25, -0.2) is 0 Å². The Bertz CT molecular complexity index is 1310. The molecule has 1 aromatic carbocycles. The Labute approximate surface area is 214 Å². The van der Waals surface area contributed by atoms with Gasteiger partial charge in [0, 0.05) is 27.4 Å². The molecule has 0 saturated heterocycles. The van der Waals surface area contributed by atoms with E-state index in [-0.39, 0.29) is 12.3 Å². The molecule has 3 heterocycles. The molecule has 0 unspecified atom stereocenters. The number of fused-ring (bicyclic) bond motifs is 3. The van der Waals surface area contributed by atoms with E-state index in [2.05, 4.69) is 41.2 Å². The summed E-state index contributed by atoms with van der Waals surface area (Å²) in [5, 5.41) is 13.4. The number of benzene rings is 1. The molecule has 0 aliphatic carbocycles. The van der Waals surface area contributed by atoms with Crippen molar-refractivity contribution in [2.75, 3.05) is 13.1 Å². The first kappa shape index (κ1) is 25.1. The monoisotopic (exact) mass is 508 g/mol.